The first-order valence-corrected chi connectivity index (χ1v) is 11.8. The van der Waals surface area contributed by atoms with E-state index in [2.05, 4.69) is 0 Å². The monoisotopic (exact) mass is 518 g/mol. The fourth-order valence-electron chi connectivity index (χ4n) is 4.43. The lowest BCUT2D eigenvalue weighted by molar-refractivity contribution is -0.156. The van der Waals surface area contributed by atoms with Crippen LogP contribution < -0.4 is 0 Å². The van der Waals surface area contributed by atoms with Crippen molar-refractivity contribution in [3.05, 3.63) is 80.3 Å². The lowest BCUT2D eigenvalue weighted by atomic mass is 9.82. The fourth-order valence-corrected chi connectivity index (χ4v) is 5.04. The Kier molecular flexibility index (Phi) is 6.85. The maximum Gasteiger partial charge on any atom is 0.275 e. The van der Waals surface area contributed by atoms with E-state index in [0.717, 1.165) is 15.6 Å². The summed E-state index contributed by atoms with van der Waals surface area (Å²) in [5.41, 5.74) is 1.31. The maximum absolute atomic E-state index is 13.7. The number of amides is 3. The molecule has 0 bridgehead atoms. The minimum Gasteiger partial charge on any atom is -0.292 e. The molecule has 0 unspecified atom stereocenters. The Labute approximate surface area is 212 Å². The van der Waals surface area contributed by atoms with Crippen LogP contribution in [0.25, 0.3) is 0 Å². The van der Waals surface area contributed by atoms with E-state index >= 15 is 0 Å². The molecule has 9 heteroatoms. The smallest absolute Gasteiger partial charge is 0.275 e. The first kappa shape index (κ1) is 24.5. The minimum atomic E-state index is -1.18. The molecule has 6 nitrogen and oxygen atoms in total. The molecule has 4 rings (SSSR count). The van der Waals surface area contributed by atoms with Gasteiger partial charge in [0.25, 0.3) is 17.7 Å². The molecule has 0 saturated carbocycles. The van der Waals surface area contributed by atoms with Gasteiger partial charge in [0.1, 0.15) is 6.04 Å². The molecular weight excluding hydrogens is 499 g/mol. The zero-order chi connectivity index (χ0) is 24.7. The van der Waals surface area contributed by atoms with Crippen molar-refractivity contribution in [2.75, 3.05) is 0 Å². The molecule has 2 aromatic rings. The molecular formula is C25H21Cl3N2O4. The van der Waals surface area contributed by atoms with E-state index < -0.39 is 41.4 Å². The summed E-state index contributed by atoms with van der Waals surface area (Å²) in [5, 5.41) is 2.58. The van der Waals surface area contributed by atoms with Crippen LogP contribution in [0.2, 0.25) is 15.1 Å². The summed E-state index contributed by atoms with van der Waals surface area (Å²) in [6.45, 7) is 3.38. The number of carbonyl (C=O) groups is 4. The average molecular weight is 520 g/mol. The van der Waals surface area contributed by atoms with Gasteiger partial charge in [-0.1, -0.05) is 46.5 Å². The molecule has 1 aliphatic heterocycles. The Hall–Kier alpha value is -2.67. The molecule has 1 saturated heterocycles. The van der Waals surface area contributed by atoms with E-state index in [4.69, 9.17) is 34.8 Å². The van der Waals surface area contributed by atoms with Crippen LogP contribution in [0.5, 0.6) is 0 Å². The lowest BCUT2D eigenvalue weighted by Crippen LogP contribution is -2.56. The van der Waals surface area contributed by atoms with Crippen molar-refractivity contribution in [2.45, 2.75) is 32.7 Å². The van der Waals surface area contributed by atoms with Crippen molar-refractivity contribution in [2.24, 2.45) is 11.8 Å². The number of imide groups is 1. The third-order valence-electron chi connectivity index (χ3n) is 6.26. The van der Waals surface area contributed by atoms with Gasteiger partial charge in [-0.25, -0.2) is 5.01 Å². The Morgan fingerprint density at radius 1 is 0.971 bits per heavy atom. The van der Waals surface area contributed by atoms with Crippen molar-refractivity contribution in [3.8, 4) is 0 Å². The number of halogens is 3. The summed E-state index contributed by atoms with van der Waals surface area (Å²) in [6.07, 6.45) is 2.76. The highest BCUT2D eigenvalue weighted by Crippen LogP contribution is 2.39. The molecule has 0 spiro atoms. The molecule has 176 valence electrons. The number of ketones is 1. The van der Waals surface area contributed by atoms with Gasteiger partial charge in [0.15, 0.2) is 5.78 Å². The predicted molar refractivity (Wildman–Crippen MR) is 130 cm³/mol. The Bertz CT molecular complexity index is 1230. The van der Waals surface area contributed by atoms with Gasteiger partial charge in [-0.15, -0.1) is 0 Å². The first-order valence-electron chi connectivity index (χ1n) is 10.7. The molecule has 1 heterocycles. The van der Waals surface area contributed by atoms with Crippen molar-refractivity contribution in [3.63, 3.8) is 0 Å². The van der Waals surface area contributed by atoms with Crippen LogP contribution in [-0.4, -0.2) is 39.6 Å². The number of rotatable bonds is 5. The standard InChI is InChI=1S/C25H21Cl3N2O4/c1-13-3-9-18-20(11-13)25(34)30(23(18)32)29(24(33)19-10-8-17(27)12-21(19)28)14(2)22(31)15-4-6-16(26)7-5-15/h3-8,10,12,14,18,20H,9,11H2,1-2H3/t14-,18+,20+/m1/s1. The zero-order valence-corrected chi connectivity index (χ0v) is 20.7. The van der Waals surface area contributed by atoms with Gasteiger partial charge in [-0.2, -0.15) is 5.01 Å². The van der Waals surface area contributed by atoms with Gasteiger partial charge in [-0.05, 0) is 69.2 Å². The van der Waals surface area contributed by atoms with Gasteiger partial charge >= 0.3 is 0 Å². The molecule has 1 fully saturated rings. The summed E-state index contributed by atoms with van der Waals surface area (Å²) in [7, 11) is 0. The Balaban J connectivity index is 1.77. The van der Waals surface area contributed by atoms with Crippen molar-refractivity contribution < 1.29 is 19.2 Å². The number of hydrogen-bond acceptors (Lipinski definition) is 4. The molecule has 34 heavy (non-hydrogen) atoms. The number of fused-ring (bicyclic) bond motifs is 1. The average Bonchev–Trinajstić information content (AvgIpc) is 3.03. The minimum absolute atomic E-state index is 0.0200. The van der Waals surface area contributed by atoms with Crippen molar-refractivity contribution in [1.82, 2.24) is 10.0 Å². The van der Waals surface area contributed by atoms with Crippen LogP contribution in [0.15, 0.2) is 54.1 Å². The highest BCUT2D eigenvalue weighted by atomic mass is 35.5. The summed E-state index contributed by atoms with van der Waals surface area (Å²) in [6, 6.07) is 9.26. The lowest BCUT2D eigenvalue weighted by Gasteiger charge is -2.35. The zero-order valence-electron chi connectivity index (χ0n) is 18.4. The van der Waals surface area contributed by atoms with E-state index in [-0.39, 0.29) is 16.1 Å². The SMILES string of the molecule is CC1=CC[C@@H]2C(=O)N(N(C(=O)c3ccc(Cl)cc3Cl)[C@H](C)C(=O)c3ccc(Cl)cc3)C(=O)[C@H]2C1. The predicted octanol–water partition coefficient (Wildman–Crippen LogP) is 5.62. The second-order valence-electron chi connectivity index (χ2n) is 8.51. The van der Waals surface area contributed by atoms with Gasteiger partial charge in [-0.3, -0.25) is 19.2 Å². The number of hydrazine groups is 1. The molecule has 3 atom stereocenters. The molecule has 0 aromatic heterocycles. The highest BCUT2D eigenvalue weighted by Gasteiger charge is 2.53. The number of hydrogen-bond donors (Lipinski definition) is 0. The normalized spacial score (nSPS) is 20.6. The van der Waals surface area contributed by atoms with Crippen molar-refractivity contribution >= 4 is 58.3 Å². The number of nitrogens with zero attached hydrogens (tertiary/aromatic N) is 2. The van der Waals surface area contributed by atoms with Crippen LogP contribution in [0.4, 0.5) is 0 Å². The van der Waals surface area contributed by atoms with Crippen LogP contribution in [0.1, 0.15) is 47.4 Å². The second-order valence-corrected chi connectivity index (χ2v) is 9.79. The first-order chi connectivity index (χ1) is 16.1. The summed E-state index contributed by atoms with van der Waals surface area (Å²) < 4.78 is 0. The summed E-state index contributed by atoms with van der Waals surface area (Å²) in [5.74, 6) is -3.37. The van der Waals surface area contributed by atoms with Gasteiger partial charge in [0.2, 0.25) is 0 Å². The third kappa shape index (κ3) is 4.38. The molecule has 1 aliphatic carbocycles. The van der Waals surface area contributed by atoms with E-state index in [9.17, 15) is 19.2 Å². The summed E-state index contributed by atoms with van der Waals surface area (Å²) in [4.78, 5) is 53.9. The van der Waals surface area contributed by atoms with Crippen LogP contribution in [0.3, 0.4) is 0 Å². The molecule has 2 aliphatic rings. The van der Waals surface area contributed by atoms with Gasteiger partial charge < -0.3 is 0 Å². The number of benzene rings is 2. The van der Waals surface area contributed by atoms with Crippen LogP contribution in [0, 0.1) is 11.8 Å². The van der Waals surface area contributed by atoms with Crippen molar-refractivity contribution in [1.29, 1.82) is 0 Å². The summed E-state index contributed by atoms with van der Waals surface area (Å²) >= 11 is 18.2. The van der Waals surface area contributed by atoms with E-state index in [1.807, 2.05) is 13.0 Å². The molecule has 3 amide bonds. The second kappa shape index (κ2) is 9.53. The maximum atomic E-state index is 13.7. The van der Waals surface area contributed by atoms with E-state index in [1.54, 1.807) is 12.1 Å². The number of allylic oxidation sites excluding steroid dienone is 2. The highest BCUT2D eigenvalue weighted by molar-refractivity contribution is 6.37. The van der Waals surface area contributed by atoms with Crippen LogP contribution in [-0.2, 0) is 9.59 Å². The van der Waals surface area contributed by atoms with E-state index in [1.165, 1.54) is 37.3 Å². The largest absolute Gasteiger partial charge is 0.292 e. The Morgan fingerprint density at radius 3 is 2.24 bits per heavy atom. The molecule has 0 N–H and O–H groups in total. The quantitative estimate of drug-likeness (QED) is 0.292. The molecule has 2 aromatic carbocycles. The van der Waals surface area contributed by atoms with Crippen LogP contribution >= 0.6 is 34.8 Å². The molecule has 0 radical (unpaired) electrons. The Morgan fingerprint density at radius 2 is 1.59 bits per heavy atom. The topological polar surface area (TPSA) is 74.8 Å². The fraction of sp³-hybridized carbons (Fsp3) is 0.280. The number of Topliss-reactive ketones (excluding diaryl/α,β-unsaturated/α-hetero) is 1. The van der Waals surface area contributed by atoms with E-state index in [0.29, 0.717) is 22.9 Å². The number of carbonyl (C=O) groups excluding carboxylic acids is 4. The van der Waals surface area contributed by atoms with Gasteiger partial charge in [0.05, 0.1) is 22.4 Å². The third-order valence-corrected chi connectivity index (χ3v) is 7.06. The van der Waals surface area contributed by atoms with Gasteiger partial charge in [0, 0.05) is 15.6 Å².